The zero-order chi connectivity index (χ0) is 19.0. The molecule has 0 aromatic carbocycles. The molecule has 3 rings (SSSR count). The molecule has 1 aliphatic heterocycles. The topological polar surface area (TPSA) is 83.8 Å². The van der Waals surface area contributed by atoms with Gasteiger partial charge in [0.2, 0.25) is 0 Å². The summed E-state index contributed by atoms with van der Waals surface area (Å²) in [4.78, 5) is 25.3. The largest absolute Gasteiger partial charge is 0.390 e. The Kier molecular flexibility index (Phi) is 3.93. The Morgan fingerprint density at radius 3 is 2.32 bits per heavy atom. The van der Waals surface area contributed by atoms with Crippen LogP contribution >= 0.6 is 0 Å². The number of hydrogen-bond acceptors (Lipinski definition) is 5. The normalized spacial score (nSPS) is 52.3. The number of carbonyl (C=O) groups is 2. The van der Waals surface area contributed by atoms with Gasteiger partial charge < -0.3 is 14.9 Å². The van der Waals surface area contributed by atoms with Crippen molar-refractivity contribution in [2.75, 3.05) is 0 Å². The number of ketones is 2. The molecule has 0 spiro atoms. The van der Waals surface area contributed by atoms with E-state index in [0.29, 0.717) is 19.3 Å². The second-order valence-corrected chi connectivity index (χ2v) is 9.34. The highest BCUT2D eigenvalue weighted by Gasteiger charge is 2.70. The summed E-state index contributed by atoms with van der Waals surface area (Å²) >= 11 is 0. The first-order valence-electron chi connectivity index (χ1n) is 9.12. The second kappa shape index (κ2) is 5.24. The first-order chi connectivity index (χ1) is 11.3. The molecule has 7 atom stereocenters. The van der Waals surface area contributed by atoms with E-state index in [1.54, 1.807) is 13.8 Å². The lowest BCUT2D eigenvalue weighted by atomic mass is 9.43. The molecule has 2 saturated carbocycles. The van der Waals surface area contributed by atoms with Crippen LogP contribution in [0.2, 0.25) is 0 Å². The van der Waals surface area contributed by atoms with Crippen LogP contribution in [0.5, 0.6) is 0 Å². The average Bonchev–Trinajstić information content (AvgIpc) is 2.52. The van der Waals surface area contributed by atoms with Crippen LogP contribution in [-0.4, -0.2) is 45.2 Å². The third-order valence-corrected chi connectivity index (χ3v) is 7.62. The van der Waals surface area contributed by atoms with E-state index in [0.717, 1.165) is 0 Å². The van der Waals surface area contributed by atoms with Crippen LogP contribution in [0.1, 0.15) is 53.9 Å². The Morgan fingerprint density at radius 2 is 1.76 bits per heavy atom. The first-order valence-corrected chi connectivity index (χ1v) is 9.12. The quantitative estimate of drug-likeness (QED) is 0.707. The van der Waals surface area contributed by atoms with Crippen LogP contribution in [-0.2, 0) is 14.3 Å². The Morgan fingerprint density at radius 1 is 1.16 bits per heavy atom. The monoisotopic (exact) mass is 350 g/mol. The molecule has 2 N–H and O–H groups in total. The minimum atomic E-state index is -1.32. The highest BCUT2D eigenvalue weighted by atomic mass is 16.5. The van der Waals surface area contributed by atoms with E-state index in [9.17, 15) is 19.8 Å². The van der Waals surface area contributed by atoms with Gasteiger partial charge in [0.1, 0.15) is 17.5 Å². The zero-order valence-electron chi connectivity index (χ0n) is 15.8. The number of carbonyl (C=O) groups excluding carboxylic acids is 2. The van der Waals surface area contributed by atoms with Gasteiger partial charge >= 0.3 is 0 Å². The minimum Gasteiger partial charge on any atom is -0.390 e. The van der Waals surface area contributed by atoms with Crippen molar-refractivity contribution >= 4 is 11.6 Å². The lowest BCUT2D eigenvalue weighted by molar-refractivity contribution is -0.294. The van der Waals surface area contributed by atoms with E-state index in [2.05, 4.69) is 6.58 Å². The van der Waals surface area contributed by atoms with Crippen molar-refractivity contribution in [3.05, 3.63) is 12.7 Å². The summed E-state index contributed by atoms with van der Waals surface area (Å²) in [6.07, 6.45) is 0.690. The van der Waals surface area contributed by atoms with E-state index in [4.69, 9.17) is 4.74 Å². The summed E-state index contributed by atoms with van der Waals surface area (Å²) in [5.41, 5.74) is -3.47. The third kappa shape index (κ3) is 2.18. The molecule has 0 aromatic heterocycles. The summed E-state index contributed by atoms with van der Waals surface area (Å²) in [5.74, 6) is -0.928. The van der Waals surface area contributed by atoms with Gasteiger partial charge in [-0.1, -0.05) is 33.4 Å². The zero-order valence-corrected chi connectivity index (χ0v) is 15.8. The number of rotatable bonds is 1. The molecule has 0 bridgehead atoms. The number of aliphatic hydroxyl groups excluding tert-OH is 2. The van der Waals surface area contributed by atoms with Gasteiger partial charge in [-0.25, -0.2) is 0 Å². The van der Waals surface area contributed by atoms with Gasteiger partial charge in [-0.05, 0) is 38.0 Å². The molecule has 3 aliphatic rings. The maximum Gasteiger partial charge on any atom is 0.197 e. The summed E-state index contributed by atoms with van der Waals surface area (Å²) in [5, 5.41) is 22.0. The lowest BCUT2D eigenvalue weighted by Gasteiger charge is -2.66. The molecule has 1 heterocycles. The van der Waals surface area contributed by atoms with E-state index in [1.165, 1.54) is 6.08 Å². The molecule has 0 amide bonds. The van der Waals surface area contributed by atoms with Crippen molar-refractivity contribution in [3.8, 4) is 0 Å². The standard InChI is InChI=1S/C20H30O5/c1-7-19(5)16(24)14(23)15-18(4)9-8-12(21)17(2,3)11(18)10-13(22)20(15,6)25-19/h7,11,13-15,22-23H,1,8-10H2,2-6H3/t11-,13-,14-,15-,18-,19+,20+/m1/s1. The Balaban J connectivity index is 2.15. The van der Waals surface area contributed by atoms with Gasteiger partial charge in [0.15, 0.2) is 5.78 Å². The molecule has 5 nitrogen and oxygen atoms in total. The number of hydrogen-bond donors (Lipinski definition) is 2. The number of fused-ring (bicyclic) bond motifs is 3. The second-order valence-electron chi connectivity index (χ2n) is 9.34. The fourth-order valence-electron chi connectivity index (χ4n) is 6.05. The van der Waals surface area contributed by atoms with Crippen LogP contribution in [0.15, 0.2) is 12.7 Å². The van der Waals surface area contributed by atoms with Gasteiger partial charge in [-0.2, -0.15) is 0 Å². The van der Waals surface area contributed by atoms with Crippen molar-refractivity contribution in [1.29, 1.82) is 0 Å². The van der Waals surface area contributed by atoms with Crippen LogP contribution in [0, 0.1) is 22.7 Å². The Bertz CT molecular complexity index is 640. The van der Waals surface area contributed by atoms with Crippen LogP contribution in [0.3, 0.4) is 0 Å². The number of ether oxygens (including phenoxy) is 1. The maximum atomic E-state index is 12.8. The van der Waals surface area contributed by atoms with Crippen molar-refractivity contribution < 1.29 is 24.5 Å². The van der Waals surface area contributed by atoms with Crippen LogP contribution in [0.25, 0.3) is 0 Å². The molecular formula is C20H30O5. The molecule has 3 fully saturated rings. The van der Waals surface area contributed by atoms with Crippen molar-refractivity contribution in [2.24, 2.45) is 22.7 Å². The molecule has 1 saturated heterocycles. The average molecular weight is 350 g/mol. The predicted molar refractivity (Wildman–Crippen MR) is 92.8 cm³/mol. The van der Waals surface area contributed by atoms with Crippen molar-refractivity contribution in [3.63, 3.8) is 0 Å². The first kappa shape index (κ1) is 18.7. The Labute approximate surface area is 149 Å². The van der Waals surface area contributed by atoms with Gasteiger partial charge in [-0.15, -0.1) is 0 Å². The van der Waals surface area contributed by atoms with E-state index in [1.807, 2.05) is 20.8 Å². The number of Topliss-reactive ketones (excluding diaryl/α,β-unsaturated/α-hetero) is 2. The predicted octanol–water partition coefficient (Wildman–Crippen LogP) is 2.04. The summed E-state index contributed by atoms with van der Waals surface area (Å²) in [6.45, 7) is 12.9. The number of aliphatic hydroxyl groups is 2. The minimum absolute atomic E-state index is 0.117. The fraction of sp³-hybridized carbons (Fsp3) is 0.800. The van der Waals surface area contributed by atoms with Crippen LogP contribution < -0.4 is 0 Å². The van der Waals surface area contributed by atoms with Crippen molar-refractivity contribution in [2.45, 2.75) is 77.3 Å². The molecule has 140 valence electrons. The molecule has 0 unspecified atom stereocenters. The molecule has 2 aliphatic carbocycles. The third-order valence-electron chi connectivity index (χ3n) is 7.62. The summed E-state index contributed by atoms with van der Waals surface area (Å²) in [7, 11) is 0. The van der Waals surface area contributed by atoms with E-state index in [-0.39, 0.29) is 11.7 Å². The lowest BCUT2D eigenvalue weighted by Crippen LogP contribution is -2.74. The molecule has 5 heteroatoms. The smallest absolute Gasteiger partial charge is 0.197 e. The van der Waals surface area contributed by atoms with Gasteiger partial charge in [0.25, 0.3) is 0 Å². The maximum absolute atomic E-state index is 12.8. The fourth-order valence-corrected chi connectivity index (χ4v) is 6.05. The molecule has 0 aromatic rings. The summed E-state index contributed by atoms with van der Waals surface area (Å²) < 4.78 is 6.16. The van der Waals surface area contributed by atoms with Gasteiger partial charge in [0.05, 0.1) is 11.7 Å². The van der Waals surface area contributed by atoms with Gasteiger partial charge in [0, 0.05) is 17.8 Å². The SMILES string of the molecule is C=C[C@]1(C)O[C@@]2(C)[C@H](O)C[C@@H]3C(C)(C)C(=O)CC[C@@]3(C)[C@H]2[C@@H](O)C1=O. The van der Waals surface area contributed by atoms with Crippen molar-refractivity contribution in [1.82, 2.24) is 0 Å². The van der Waals surface area contributed by atoms with Crippen LogP contribution in [0.4, 0.5) is 0 Å². The van der Waals surface area contributed by atoms with E-state index < -0.39 is 45.9 Å². The molecule has 25 heavy (non-hydrogen) atoms. The highest BCUT2D eigenvalue weighted by Crippen LogP contribution is 2.64. The highest BCUT2D eigenvalue weighted by molar-refractivity contribution is 5.94. The summed E-state index contributed by atoms with van der Waals surface area (Å²) in [6, 6.07) is 0. The van der Waals surface area contributed by atoms with Gasteiger partial charge in [-0.3, -0.25) is 9.59 Å². The molecule has 0 radical (unpaired) electrons. The van der Waals surface area contributed by atoms with E-state index >= 15 is 0 Å². The Hall–Kier alpha value is -1.04. The molecular weight excluding hydrogens is 320 g/mol.